The van der Waals surface area contributed by atoms with E-state index < -0.39 is 5.91 Å². The van der Waals surface area contributed by atoms with Gasteiger partial charge in [0.1, 0.15) is 28.1 Å². The van der Waals surface area contributed by atoms with Crippen LogP contribution in [0.4, 0.5) is 5.69 Å². The number of aromatic nitrogens is 2. The first-order valence-electron chi connectivity index (χ1n) is 13.9. The van der Waals surface area contributed by atoms with Crippen molar-refractivity contribution in [1.29, 1.82) is 0 Å². The van der Waals surface area contributed by atoms with Crippen LogP contribution in [0.2, 0.25) is 5.02 Å². The van der Waals surface area contributed by atoms with E-state index in [0.717, 1.165) is 51.5 Å². The molecule has 5 aromatic rings. The molecule has 1 aliphatic rings. The molecular weight excluding hydrogens is 586 g/mol. The maximum Gasteiger partial charge on any atom is 0.262 e. The molecule has 2 aromatic heterocycles. The Hall–Kier alpha value is -4.22. The lowest BCUT2D eigenvalue weighted by Crippen LogP contribution is -2.41. The summed E-state index contributed by atoms with van der Waals surface area (Å²) in [7, 11) is 0. The van der Waals surface area contributed by atoms with Gasteiger partial charge in [0.25, 0.3) is 5.91 Å². The van der Waals surface area contributed by atoms with E-state index in [2.05, 4.69) is 15.2 Å². The van der Waals surface area contributed by atoms with Crippen molar-refractivity contribution < 1.29 is 19.1 Å². The highest BCUT2D eigenvalue weighted by Crippen LogP contribution is 2.37. The molecule has 2 amide bonds. The fourth-order valence-corrected chi connectivity index (χ4v) is 6.29. The number of carbonyl (C=O) groups excluding carboxylic acids is 2. The van der Waals surface area contributed by atoms with Crippen LogP contribution < -0.4 is 15.8 Å². The average Bonchev–Trinajstić information content (AvgIpc) is 3.62. The van der Waals surface area contributed by atoms with Gasteiger partial charge in [-0.15, -0.1) is 11.3 Å². The van der Waals surface area contributed by atoms with E-state index in [1.807, 2.05) is 72.2 Å². The Kier molecular flexibility index (Phi) is 8.44. The van der Waals surface area contributed by atoms with Crippen LogP contribution >= 0.6 is 22.9 Å². The van der Waals surface area contributed by atoms with Gasteiger partial charge in [0.15, 0.2) is 0 Å². The molecule has 0 radical (unpaired) electrons. The van der Waals surface area contributed by atoms with E-state index in [1.165, 1.54) is 11.3 Å². The molecule has 3 N–H and O–H groups in total. The highest BCUT2D eigenvalue weighted by Gasteiger charge is 2.21. The third kappa shape index (κ3) is 6.42. The fourth-order valence-electron chi connectivity index (χ4n) is 5.08. The zero-order chi connectivity index (χ0) is 29.9. The van der Waals surface area contributed by atoms with Crippen molar-refractivity contribution in [1.82, 2.24) is 14.5 Å². The van der Waals surface area contributed by atoms with Crippen LogP contribution in [0.25, 0.3) is 27.2 Å². The van der Waals surface area contributed by atoms with E-state index in [0.29, 0.717) is 35.4 Å². The number of hydrogen-bond acceptors (Lipinski definition) is 7. The van der Waals surface area contributed by atoms with Gasteiger partial charge in [0.2, 0.25) is 5.91 Å². The topological polar surface area (TPSA) is 112 Å². The summed E-state index contributed by atoms with van der Waals surface area (Å²) in [6.07, 6.45) is 1.33. The standard InChI is InChI=1S/C32H30ClN5O4S/c1-20(24-4-2-3-5-25(24)33)42-28-17-30(43-31(28)32(34)40)38-19-35-26-16-22(8-11-27(26)38)21-6-9-23(10-7-21)36-29(39)18-37-12-14-41-15-13-37/h2-11,16-17,19-20H,12-15,18H2,1H3,(H2,34,40)(H,36,39)/t20-/m1/s1. The Morgan fingerprint density at radius 1 is 1.07 bits per heavy atom. The van der Waals surface area contributed by atoms with Crippen LogP contribution in [0.15, 0.2) is 79.1 Å². The highest BCUT2D eigenvalue weighted by atomic mass is 35.5. The van der Waals surface area contributed by atoms with Crippen LogP contribution in [-0.4, -0.2) is 59.1 Å². The first-order chi connectivity index (χ1) is 20.9. The van der Waals surface area contributed by atoms with E-state index >= 15 is 0 Å². The number of nitrogens with zero attached hydrogens (tertiary/aromatic N) is 3. The van der Waals surface area contributed by atoms with Gasteiger partial charge in [-0.1, -0.05) is 48.0 Å². The minimum Gasteiger partial charge on any atom is -0.484 e. The molecule has 1 saturated heterocycles. The quantitative estimate of drug-likeness (QED) is 0.213. The number of carbonyl (C=O) groups is 2. The van der Waals surface area contributed by atoms with Crippen LogP contribution in [0.5, 0.6) is 5.75 Å². The first kappa shape index (κ1) is 28.9. The van der Waals surface area contributed by atoms with Crippen molar-refractivity contribution in [3.05, 3.63) is 94.6 Å². The number of nitrogens with one attached hydrogen (secondary N) is 1. The van der Waals surface area contributed by atoms with Gasteiger partial charge in [-0.2, -0.15) is 0 Å². The largest absolute Gasteiger partial charge is 0.484 e. The lowest BCUT2D eigenvalue weighted by molar-refractivity contribution is -0.118. The lowest BCUT2D eigenvalue weighted by atomic mass is 10.0. The number of amides is 2. The zero-order valence-corrected chi connectivity index (χ0v) is 25.0. The molecule has 11 heteroatoms. The Morgan fingerprint density at radius 2 is 1.81 bits per heavy atom. The first-order valence-corrected chi connectivity index (χ1v) is 15.1. The van der Waals surface area contributed by atoms with Crippen LogP contribution in [-0.2, 0) is 9.53 Å². The van der Waals surface area contributed by atoms with Crippen molar-refractivity contribution in [3.8, 4) is 21.9 Å². The van der Waals surface area contributed by atoms with E-state index in [-0.39, 0.29) is 12.0 Å². The van der Waals surface area contributed by atoms with Gasteiger partial charge in [-0.05, 0) is 48.4 Å². The van der Waals surface area contributed by atoms with Gasteiger partial charge in [-0.25, -0.2) is 4.98 Å². The number of hydrogen-bond donors (Lipinski definition) is 2. The number of thiophene rings is 1. The molecule has 43 heavy (non-hydrogen) atoms. The molecule has 9 nitrogen and oxygen atoms in total. The normalized spacial score (nSPS) is 14.5. The number of ether oxygens (including phenoxy) is 2. The van der Waals surface area contributed by atoms with E-state index in [4.69, 9.17) is 26.8 Å². The molecular formula is C32H30ClN5O4S. The van der Waals surface area contributed by atoms with Crippen molar-refractivity contribution >= 4 is 51.5 Å². The summed E-state index contributed by atoms with van der Waals surface area (Å²) in [5.41, 5.74) is 10.9. The molecule has 0 spiro atoms. The number of anilines is 1. The molecule has 0 bridgehead atoms. The van der Waals surface area contributed by atoms with Gasteiger partial charge in [0.05, 0.1) is 30.8 Å². The molecule has 3 heterocycles. The summed E-state index contributed by atoms with van der Waals surface area (Å²) < 4.78 is 13.4. The summed E-state index contributed by atoms with van der Waals surface area (Å²) >= 11 is 7.60. The zero-order valence-electron chi connectivity index (χ0n) is 23.5. The smallest absolute Gasteiger partial charge is 0.262 e. The number of nitrogens with two attached hydrogens (primary N) is 1. The van der Waals surface area contributed by atoms with Crippen molar-refractivity contribution in [3.63, 3.8) is 0 Å². The molecule has 0 saturated carbocycles. The number of imidazole rings is 1. The van der Waals surface area contributed by atoms with Crippen LogP contribution in [0.3, 0.4) is 0 Å². The average molecular weight is 616 g/mol. The van der Waals surface area contributed by atoms with Gasteiger partial charge < -0.3 is 20.5 Å². The summed E-state index contributed by atoms with van der Waals surface area (Å²) in [6, 6.07) is 23.0. The third-order valence-electron chi connectivity index (χ3n) is 7.31. The third-order valence-corrected chi connectivity index (χ3v) is 8.79. The van der Waals surface area contributed by atoms with Crippen molar-refractivity contribution in [2.75, 3.05) is 38.2 Å². The molecule has 0 unspecified atom stereocenters. The van der Waals surface area contributed by atoms with E-state index in [9.17, 15) is 9.59 Å². The number of morpholine rings is 1. The molecule has 1 atom stereocenters. The lowest BCUT2D eigenvalue weighted by Gasteiger charge is -2.25. The van der Waals surface area contributed by atoms with Crippen molar-refractivity contribution in [2.45, 2.75) is 13.0 Å². The summed E-state index contributed by atoms with van der Waals surface area (Å²) in [6.45, 7) is 5.08. The number of primary amides is 1. The number of benzene rings is 3. The van der Waals surface area contributed by atoms with Crippen LogP contribution in [0.1, 0.15) is 28.3 Å². The Bertz CT molecular complexity index is 1780. The monoisotopic (exact) mass is 615 g/mol. The molecule has 1 aliphatic heterocycles. The second-order valence-corrected chi connectivity index (χ2v) is 11.7. The minimum atomic E-state index is -0.565. The number of halogens is 1. The minimum absolute atomic E-state index is 0.0402. The summed E-state index contributed by atoms with van der Waals surface area (Å²) in [5.74, 6) is -0.206. The fraction of sp³-hybridized carbons (Fsp3) is 0.219. The maximum absolute atomic E-state index is 12.4. The number of fused-ring (bicyclic) bond motifs is 1. The number of rotatable bonds is 9. The Labute approximate surface area is 257 Å². The Balaban J connectivity index is 1.19. The van der Waals surface area contributed by atoms with Gasteiger partial charge >= 0.3 is 0 Å². The molecule has 1 fully saturated rings. The maximum atomic E-state index is 12.4. The van der Waals surface area contributed by atoms with Gasteiger partial charge in [0, 0.05) is 35.4 Å². The highest BCUT2D eigenvalue weighted by molar-refractivity contribution is 7.16. The Morgan fingerprint density at radius 3 is 2.56 bits per heavy atom. The van der Waals surface area contributed by atoms with Crippen molar-refractivity contribution in [2.24, 2.45) is 5.73 Å². The van der Waals surface area contributed by atoms with Crippen LogP contribution in [0, 0.1) is 0 Å². The van der Waals surface area contributed by atoms with E-state index in [1.54, 1.807) is 18.5 Å². The molecule has 0 aliphatic carbocycles. The second kappa shape index (κ2) is 12.6. The predicted octanol–water partition coefficient (Wildman–Crippen LogP) is 5.92. The molecule has 6 rings (SSSR count). The molecule has 220 valence electrons. The summed E-state index contributed by atoms with van der Waals surface area (Å²) in [5, 5.41) is 4.31. The predicted molar refractivity (Wildman–Crippen MR) is 169 cm³/mol. The summed E-state index contributed by atoms with van der Waals surface area (Å²) in [4.78, 5) is 31.8. The second-order valence-electron chi connectivity index (χ2n) is 10.3. The molecule has 3 aromatic carbocycles. The SMILES string of the molecule is C[C@@H](Oc1cc(-n2cnc3cc(-c4ccc(NC(=O)CN5CCOCC5)cc4)ccc32)sc1C(N)=O)c1ccccc1Cl. The van der Waals surface area contributed by atoms with Gasteiger partial charge in [-0.3, -0.25) is 19.1 Å².